The van der Waals surface area contributed by atoms with Gasteiger partial charge in [0.2, 0.25) is 0 Å². The number of hydrogen-bond donors (Lipinski definition) is 1. The van der Waals surface area contributed by atoms with E-state index in [4.69, 9.17) is 4.74 Å². The second kappa shape index (κ2) is 4.14. The molecule has 1 heterocycles. The fourth-order valence-electron chi connectivity index (χ4n) is 1.95. The molecule has 1 aliphatic rings. The summed E-state index contributed by atoms with van der Waals surface area (Å²) in [4.78, 5) is 11.3. The van der Waals surface area contributed by atoms with E-state index in [0.29, 0.717) is 12.0 Å². The Bertz CT molecular complexity index is 413. The van der Waals surface area contributed by atoms with E-state index < -0.39 is 12.1 Å². The predicted octanol–water partition coefficient (Wildman–Crippen LogP) is 1.22. The summed E-state index contributed by atoms with van der Waals surface area (Å²) in [7, 11) is 1.26. The molecule has 0 aromatic heterocycles. The summed E-state index contributed by atoms with van der Waals surface area (Å²) in [5, 5.41) is 9.81. The minimum absolute atomic E-state index is 0.0843. The van der Waals surface area contributed by atoms with Gasteiger partial charge in [-0.3, -0.25) is 0 Å². The zero-order valence-electron chi connectivity index (χ0n) is 9.27. The van der Waals surface area contributed by atoms with Crippen molar-refractivity contribution < 1.29 is 19.4 Å². The lowest BCUT2D eigenvalue weighted by Crippen LogP contribution is -2.15. The number of benzene rings is 1. The maximum absolute atomic E-state index is 11.3. The van der Waals surface area contributed by atoms with Crippen molar-refractivity contribution in [1.29, 1.82) is 0 Å². The Kier molecular flexibility index (Phi) is 2.83. The van der Waals surface area contributed by atoms with E-state index in [1.54, 1.807) is 12.1 Å². The lowest BCUT2D eigenvalue weighted by atomic mass is 9.99. The molecule has 0 saturated heterocycles. The second-order valence-electron chi connectivity index (χ2n) is 3.88. The van der Waals surface area contributed by atoms with Crippen LogP contribution in [0.2, 0.25) is 0 Å². The number of aliphatic hydroxyl groups excluding tert-OH is 1. The number of hydrogen-bond acceptors (Lipinski definition) is 4. The number of methoxy groups -OCH3 is 1. The van der Waals surface area contributed by atoms with Crippen LogP contribution in [-0.4, -0.2) is 24.3 Å². The molecule has 1 N–H and O–H groups in total. The maximum Gasteiger partial charge on any atom is 0.339 e. The topological polar surface area (TPSA) is 55.8 Å². The molecule has 1 aromatic carbocycles. The first kappa shape index (κ1) is 11.0. The van der Waals surface area contributed by atoms with Crippen LogP contribution in [0.25, 0.3) is 0 Å². The molecule has 0 fully saturated rings. The largest absolute Gasteiger partial charge is 0.490 e. The van der Waals surface area contributed by atoms with Crippen LogP contribution in [0.5, 0.6) is 5.75 Å². The smallest absolute Gasteiger partial charge is 0.339 e. The van der Waals surface area contributed by atoms with Crippen molar-refractivity contribution in [3.63, 3.8) is 0 Å². The van der Waals surface area contributed by atoms with E-state index in [0.717, 1.165) is 11.3 Å². The normalized spacial score (nSPS) is 19.8. The summed E-state index contributed by atoms with van der Waals surface area (Å²) in [5.74, 6) is 0.0981. The second-order valence-corrected chi connectivity index (χ2v) is 3.88. The standard InChI is InChI=1S/C12H14O4/c1-7-6-9-8(11(13)12(14)15-2)4-3-5-10(9)16-7/h3-5,7,11,13H,6H2,1-2H3. The number of ether oxygens (including phenoxy) is 2. The Labute approximate surface area is 93.8 Å². The minimum atomic E-state index is -1.23. The summed E-state index contributed by atoms with van der Waals surface area (Å²) in [5.41, 5.74) is 1.47. The fraction of sp³-hybridized carbons (Fsp3) is 0.417. The van der Waals surface area contributed by atoms with Crippen LogP contribution in [0.4, 0.5) is 0 Å². The van der Waals surface area contributed by atoms with Crippen LogP contribution in [0.15, 0.2) is 18.2 Å². The molecule has 86 valence electrons. The molecule has 4 nitrogen and oxygen atoms in total. The van der Waals surface area contributed by atoms with Gasteiger partial charge in [-0.1, -0.05) is 12.1 Å². The van der Waals surface area contributed by atoms with E-state index >= 15 is 0 Å². The molecule has 2 atom stereocenters. The summed E-state index contributed by atoms with van der Waals surface area (Å²) in [6, 6.07) is 5.33. The van der Waals surface area contributed by atoms with Gasteiger partial charge in [-0.05, 0) is 18.6 Å². The molecule has 2 rings (SSSR count). The third-order valence-electron chi connectivity index (χ3n) is 2.71. The number of esters is 1. The van der Waals surface area contributed by atoms with E-state index in [1.165, 1.54) is 7.11 Å². The highest BCUT2D eigenvalue weighted by Crippen LogP contribution is 2.34. The van der Waals surface area contributed by atoms with Crippen molar-refractivity contribution in [2.45, 2.75) is 25.6 Å². The quantitative estimate of drug-likeness (QED) is 0.764. The molecular formula is C12H14O4. The Hall–Kier alpha value is -1.55. The zero-order valence-corrected chi connectivity index (χ0v) is 9.27. The lowest BCUT2D eigenvalue weighted by molar-refractivity contribution is -0.150. The van der Waals surface area contributed by atoms with Gasteiger partial charge < -0.3 is 14.6 Å². The van der Waals surface area contributed by atoms with E-state index in [-0.39, 0.29) is 6.10 Å². The Balaban J connectivity index is 2.36. The molecule has 1 aliphatic heterocycles. The SMILES string of the molecule is COC(=O)C(O)c1cccc2c1CC(C)O2. The zero-order chi connectivity index (χ0) is 11.7. The summed E-state index contributed by atoms with van der Waals surface area (Å²) in [6.07, 6.45) is -0.436. The molecule has 2 unspecified atom stereocenters. The molecule has 0 aliphatic carbocycles. The summed E-state index contributed by atoms with van der Waals surface area (Å²) >= 11 is 0. The van der Waals surface area contributed by atoms with Crippen LogP contribution >= 0.6 is 0 Å². The van der Waals surface area contributed by atoms with Gasteiger partial charge in [0.1, 0.15) is 11.9 Å². The highest BCUT2D eigenvalue weighted by atomic mass is 16.5. The highest BCUT2D eigenvalue weighted by Gasteiger charge is 2.28. The molecule has 4 heteroatoms. The van der Waals surface area contributed by atoms with E-state index in [2.05, 4.69) is 4.74 Å². The van der Waals surface area contributed by atoms with Gasteiger partial charge >= 0.3 is 5.97 Å². The van der Waals surface area contributed by atoms with Gasteiger partial charge in [0, 0.05) is 12.0 Å². The third kappa shape index (κ3) is 1.76. The number of rotatable bonds is 2. The summed E-state index contributed by atoms with van der Waals surface area (Å²) in [6.45, 7) is 1.95. The molecule has 1 aromatic rings. The van der Waals surface area contributed by atoms with Gasteiger partial charge in [-0.2, -0.15) is 0 Å². The monoisotopic (exact) mass is 222 g/mol. The van der Waals surface area contributed by atoms with Crippen LogP contribution in [0, 0.1) is 0 Å². The number of carbonyl (C=O) groups excluding carboxylic acids is 1. The molecular weight excluding hydrogens is 208 g/mol. The Morgan fingerprint density at radius 3 is 3.06 bits per heavy atom. The van der Waals surface area contributed by atoms with Crippen LogP contribution < -0.4 is 4.74 Å². The summed E-state index contributed by atoms with van der Waals surface area (Å²) < 4.78 is 10.1. The van der Waals surface area contributed by atoms with Gasteiger partial charge in [-0.25, -0.2) is 4.79 Å². The van der Waals surface area contributed by atoms with Crippen molar-refractivity contribution >= 4 is 5.97 Å². The van der Waals surface area contributed by atoms with Crippen molar-refractivity contribution in [2.75, 3.05) is 7.11 Å². The first-order valence-corrected chi connectivity index (χ1v) is 5.18. The van der Waals surface area contributed by atoms with Gasteiger partial charge in [0.05, 0.1) is 7.11 Å². The van der Waals surface area contributed by atoms with Gasteiger partial charge in [0.15, 0.2) is 6.10 Å². The lowest BCUT2D eigenvalue weighted by Gasteiger charge is -2.11. The number of aliphatic hydroxyl groups is 1. The Morgan fingerprint density at radius 1 is 1.62 bits per heavy atom. The fourth-order valence-corrected chi connectivity index (χ4v) is 1.95. The predicted molar refractivity (Wildman–Crippen MR) is 57.2 cm³/mol. The van der Waals surface area contributed by atoms with Crippen molar-refractivity contribution in [3.05, 3.63) is 29.3 Å². The highest BCUT2D eigenvalue weighted by molar-refractivity contribution is 5.77. The number of fused-ring (bicyclic) bond motifs is 1. The molecule has 0 saturated carbocycles. The van der Waals surface area contributed by atoms with Crippen LogP contribution in [0.3, 0.4) is 0 Å². The van der Waals surface area contributed by atoms with Crippen LogP contribution in [0.1, 0.15) is 24.2 Å². The van der Waals surface area contributed by atoms with E-state index in [9.17, 15) is 9.90 Å². The van der Waals surface area contributed by atoms with Crippen molar-refractivity contribution in [1.82, 2.24) is 0 Å². The third-order valence-corrected chi connectivity index (χ3v) is 2.71. The van der Waals surface area contributed by atoms with Gasteiger partial charge in [-0.15, -0.1) is 0 Å². The molecule has 0 radical (unpaired) electrons. The maximum atomic E-state index is 11.3. The Morgan fingerprint density at radius 2 is 2.38 bits per heavy atom. The molecule has 16 heavy (non-hydrogen) atoms. The molecule has 0 spiro atoms. The van der Waals surface area contributed by atoms with Crippen molar-refractivity contribution in [2.24, 2.45) is 0 Å². The van der Waals surface area contributed by atoms with E-state index in [1.807, 2.05) is 13.0 Å². The van der Waals surface area contributed by atoms with Crippen molar-refractivity contribution in [3.8, 4) is 5.75 Å². The van der Waals surface area contributed by atoms with Gasteiger partial charge in [0.25, 0.3) is 0 Å². The average molecular weight is 222 g/mol. The van der Waals surface area contributed by atoms with Crippen LogP contribution in [-0.2, 0) is 16.0 Å². The molecule has 0 amide bonds. The first-order valence-electron chi connectivity index (χ1n) is 5.18. The molecule has 0 bridgehead atoms. The minimum Gasteiger partial charge on any atom is -0.490 e. The first-order chi connectivity index (χ1) is 7.63. The number of carbonyl (C=O) groups is 1. The average Bonchev–Trinajstić information content (AvgIpc) is 2.66.